The molecule has 0 aliphatic rings. The topological polar surface area (TPSA) is 30.5 Å². The highest BCUT2D eigenvalue weighted by Gasteiger charge is 2.10. The fourth-order valence-corrected chi connectivity index (χ4v) is 3.64. The molecule has 0 unspecified atom stereocenters. The summed E-state index contributed by atoms with van der Waals surface area (Å²) >= 11 is 12.5. The van der Waals surface area contributed by atoms with Gasteiger partial charge in [-0.05, 0) is 49.7 Å². The molecule has 2 aromatic rings. The van der Waals surface area contributed by atoms with E-state index in [2.05, 4.69) is 18.3 Å². The van der Waals surface area contributed by atoms with E-state index in [1.54, 1.807) is 0 Å². The van der Waals surface area contributed by atoms with Crippen LogP contribution in [0.15, 0.2) is 36.4 Å². The van der Waals surface area contributed by atoms with Crippen molar-refractivity contribution < 1.29 is 9.47 Å². The van der Waals surface area contributed by atoms with Gasteiger partial charge in [-0.3, -0.25) is 0 Å². The Morgan fingerprint density at radius 3 is 2.28 bits per heavy atom. The van der Waals surface area contributed by atoms with Gasteiger partial charge in [0.15, 0.2) is 11.5 Å². The Morgan fingerprint density at radius 2 is 1.55 bits per heavy atom. The summed E-state index contributed by atoms with van der Waals surface area (Å²) in [5, 5.41) is 4.73. The maximum absolute atomic E-state index is 6.24. The summed E-state index contributed by atoms with van der Waals surface area (Å²) in [5.74, 6) is 1.44. The molecule has 2 aromatic carbocycles. The van der Waals surface area contributed by atoms with Crippen molar-refractivity contribution >= 4 is 23.2 Å². The molecule has 0 bridgehead atoms. The van der Waals surface area contributed by atoms with E-state index < -0.39 is 0 Å². The largest absolute Gasteiger partial charge is 0.490 e. The molecular weight excluding hydrogens is 405 g/mol. The standard InChI is InChI=1S/C24H33Cl2NO2/c1-3-5-6-7-8-9-15-27-17-19-13-14-23(24(16-19)28-4-2)29-18-20-21(25)11-10-12-22(20)26/h10-14,16,27H,3-9,15,17-18H2,1-2H3. The van der Waals surface area contributed by atoms with Crippen molar-refractivity contribution in [1.82, 2.24) is 5.32 Å². The fraction of sp³-hybridized carbons (Fsp3) is 0.500. The van der Waals surface area contributed by atoms with Crippen LogP contribution in [0.2, 0.25) is 10.0 Å². The SMILES string of the molecule is CCCCCCCCNCc1ccc(OCc2c(Cl)cccc2Cl)c(OCC)c1. The number of rotatable bonds is 14. The number of halogens is 2. The monoisotopic (exact) mass is 437 g/mol. The lowest BCUT2D eigenvalue weighted by molar-refractivity contribution is 0.269. The highest BCUT2D eigenvalue weighted by Crippen LogP contribution is 2.31. The minimum absolute atomic E-state index is 0.300. The summed E-state index contributed by atoms with van der Waals surface area (Å²) in [4.78, 5) is 0. The van der Waals surface area contributed by atoms with Crippen LogP contribution >= 0.6 is 23.2 Å². The van der Waals surface area contributed by atoms with E-state index in [0.29, 0.717) is 29.0 Å². The van der Waals surface area contributed by atoms with Gasteiger partial charge in [0.25, 0.3) is 0 Å². The number of hydrogen-bond acceptors (Lipinski definition) is 3. The number of hydrogen-bond donors (Lipinski definition) is 1. The number of nitrogens with one attached hydrogen (secondary N) is 1. The predicted octanol–water partition coefficient (Wildman–Crippen LogP) is 7.42. The quantitative estimate of drug-likeness (QED) is 0.311. The summed E-state index contributed by atoms with van der Waals surface area (Å²) < 4.78 is 11.8. The van der Waals surface area contributed by atoms with E-state index in [1.807, 2.05) is 37.3 Å². The maximum Gasteiger partial charge on any atom is 0.161 e. The van der Waals surface area contributed by atoms with Gasteiger partial charge in [0, 0.05) is 22.2 Å². The van der Waals surface area contributed by atoms with Crippen molar-refractivity contribution in [3.05, 3.63) is 57.6 Å². The Kier molecular flexibility index (Phi) is 11.3. The summed E-state index contributed by atoms with van der Waals surface area (Å²) in [5.41, 5.74) is 1.96. The number of unbranched alkanes of at least 4 members (excludes halogenated alkanes) is 5. The average molecular weight is 438 g/mol. The van der Waals surface area contributed by atoms with Crippen molar-refractivity contribution in [3.63, 3.8) is 0 Å². The van der Waals surface area contributed by atoms with E-state index in [1.165, 1.54) is 44.1 Å². The second-order valence-corrected chi connectivity index (χ2v) is 7.96. The molecule has 0 saturated carbocycles. The number of benzene rings is 2. The molecule has 5 heteroatoms. The van der Waals surface area contributed by atoms with Gasteiger partial charge in [-0.2, -0.15) is 0 Å². The van der Waals surface area contributed by atoms with Gasteiger partial charge in [-0.25, -0.2) is 0 Å². The third-order valence-electron chi connectivity index (χ3n) is 4.78. The summed E-state index contributed by atoms with van der Waals surface area (Å²) in [6, 6.07) is 11.5. The lowest BCUT2D eigenvalue weighted by Gasteiger charge is -2.15. The Hall–Kier alpha value is -1.42. The minimum Gasteiger partial charge on any atom is -0.490 e. The van der Waals surface area contributed by atoms with Crippen LogP contribution in [-0.2, 0) is 13.2 Å². The molecule has 3 nitrogen and oxygen atoms in total. The predicted molar refractivity (Wildman–Crippen MR) is 123 cm³/mol. The normalized spacial score (nSPS) is 10.9. The van der Waals surface area contributed by atoms with Crippen LogP contribution in [0, 0.1) is 0 Å². The third-order valence-corrected chi connectivity index (χ3v) is 5.49. The highest BCUT2D eigenvalue weighted by atomic mass is 35.5. The van der Waals surface area contributed by atoms with Crippen LogP contribution in [0.25, 0.3) is 0 Å². The maximum atomic E-state index is 6.24. The van der Waals surface area contributed by atoms with Gasteiger partial charge in [0.1, 0.15) is 6.61 Å². The van der Waals surface area contributed by atoms with E-state index >= 15 is 0 Å². The molecule has 0 amide bonds. The zero-order valence-corrected chi connectivity index (χ0v) is 19.1. The summed E-state index contributed by atoms with van der Waals surface area (Å²) in [6.45, 7) is 6.97. The van der Waals surface area contributed by atoms with Crippen LogP contribution in [0.1, 0.15) is 63.5 Å². The van der Waals surface area contributed by atoms with Gasteiger partial charge in [-0.15, -0.1) is 0 Å². The second kappa shape index (κ2) is 13.7. The van der Waals surface area contributed by atoms with Gasteiger partial charge in [-0.1, -0.05) is 74.4 Å². The molecule has 29 heavy (non-hydrogen) atoms. The molecule has 160 valence electrons. The molecule has 0 atom stereocenters. The molecule has 0 radical (unpaired) electrons. The van der Waals surface area contributed by atoms with E-state index in [9.17, 15) is 0 Å². The Morgan fingerprint density at radius 1 is 0.828 bits per heavy atom. The first kappa shape index (κ1) is 23.9. The lowest BCUT2D eigenvalue weighted by Crippen LogP contribution is -2.14. The molecule has 0 spiro atoms. The molecule has 0 saturated heterocycles. The molecule has 1 N–H and O–H groups in total. The molecule has 0 aliphatic carbocycles. The van der Waals surface area contributed by atoms with Crippen molar-refractivity contribution in [1.29, 1.82) is 0 Å². The Balaban J connectivity index is 1.86. The first-order valence-electron chi connectivity index (χ1n) is 10.7. The van der Waals surface area contributed by atoms with Crippen LogP contribution in [0.4, 0.5) is 0 Å². The lowest BCUT2D eigenvalue weighted by atomic mass is 10.1. The van der Waals surface area contributed by atoms with Crippen LogP contribution in [-0.4, -0.2) is 13.2 Å². The van der Waals surface area contributed by atoms with E-state index in [0.717, 1.165) is 24.4 Å². The van der Waals surface area contributed by atoms with Gasteiger partial charge < -0.3 is 14.8 Å². The highest BCUT2D eigenvalue weighted by molar-refractivity contribution is 6.35. The summed E-state index contributed by atoms with van der Waals surface area (Å²) in [7, 11) is 0. The minimum atomic E-state index is 0.300. The van der Waals surface area contributed by atoms with Crippen molar-refractivity contribution in [2.75, 3.05) is 13.2 Å². The van der Waals surface area contributed by atoms with Gasteiger partial charge in [0.05, 0.1) is 6.61 Å². The Bertz CT molecular complexity index is 717. The Labute approximate surface area is 185 Å². The van der Waals surface area contributed by atoms with E-state index in [4.69, 9.17) is 32.7 Å². The van der Waals surface area contributed by atoms with Crippen LogP contribution < -0.4 is 14.8 Å². The van der Waals surface area contributed by atoms with Gasteiger partial charge >= 0.3 is 0 Å². The smallest absolute Gasteiger partial charge is 0.161 e. The summed E-state index contributed by atoms with van der Waals surface area (Å²) in [6.07, 6.45) is 7.87. The second-order valence-electron chi connectivity index (χ2n) is 7.15. The zero-order valence-electron chi connectivity index (χ0n) is 17.6. The molecule has 2 rings (SSSR count). The third kappa shape index (κ3) is 8.46. The zero-order chi connectivity index (χ0) is 20.9. The molecule has 0 aromatic heterocycles. The average Bonchev–Trinajstić information content (AvgIpc) is 2.71. The van der Waals surface area contributed by atoms with Gasteiger partial charge in [0.2, 0.25) is 0 Å². The van der Waals surface area contributed by atoms with E-state index in [-0.39, 0.29) is 0 Å². The molecular formula is C24H33Cl2NO2. The first-order valence-corrected chi connectivity index (χ1v) is 11.4. The van der Waals surface area contributed by atoms with Crippen molar-refractivity contribution in [2.24, 2.45) is 0 Å². The van der Waals surface area contributed by atoms with Crippen LogP contribution in [0.3, 0.4) is 0 Å². The van der Waals surface area contributed by atoms with Crippen molar-refractivity contribution in [2.45, 2.75) is 65.5 Å². The molecule has 0 fully saturated rings. The van der Waals surface area contributed by atoms with Crippen molar-refractivity contribution in [3.8, 4) is 11.5 Å². The number of ether oxygens (including phenoxy) is 2. The fourth-order valence-electron chi connectivity index (χ4n) is 3.13. The van der Waals surface area contributed by atoms with Crippen LogP contribution in [0.5, 0.6) is 11.5 Å². The molecule has 0 heterocycles. The molecule has 0 aliphatic heterocycles. The first-order chi connectivity index (χ1) is 14.2.